The van der Waals surface area contributed by atoms with Gasteiger partial charge in [-0.15, -0.1) is 0 Å². The standard InChI is InChI=1S/C23H32N2O3Si/c1-6-16-25-21(26)19-10-8-9-11-20(19)23(25,24)17-12-14-18(15-13-17)28-22(27-7-2)29(3,4)5/h8-15,22H,6-7,16,24H2,1-5H3. The fourth-order valence-corrected chi connectivity index (χ4v) is 4.95. The molecule has 2 atom stereocenters. The van der Waals surface area contributed by atoms with Gasteiger partial charge in [-0.25, -0.2) is 0 Å². The first kappa shape index (κ1) is 21.6. The molecule has 0 bridgehead atoms. The van der Waals surface area contributed by atoms with Gasteiger partial charge in [-0.05, 0) is 37.1 Å². The van der Waals surface area contributed by atoms with E-state index in [9.17, 15) is 4.79 Å². The molecule has 2 aromatic carbocycles. The Morgan fingerprint density at radius 1 is 1.07 bits per heavy atom. The van der Waals surface area contributed by atoms with Crippen molar-refractivity contribution in [2.24, 2.45) is 5.73 Å². The summed E-state index contributed by atoms with van der Waals surface area (Å²) in [4.78, 5) is 14.8. The first-order chi connectivity index (χ1) is 13.7. The van der Waals surface area contributed by atoms with Gasteiger partial charge in [0.2, 0.25) is 0 Å². The van der Waals surface area contributed by atoms with Crippen LogP contribution in [0, 0.1) is 0 Å². The topological polar surface area (TPSA) is 64.8 Å². The van der Waals surface area contributed by atoms with Crippen molar-refractivity contribution in [1.29, 1.82) is 0 Å². The number of hydrogen-bond donors (Lipinski definition) is 1. The van der Waals surface area contributed by atoms with Gasteiger partial charge < -0.3 is 20.1 Å². The SMILES string of the molecule is CCCN1C(=O)c2ccccc2C1(N)c1ccc(OC(OCC)[Si](C)(C)C)cc1. The number of rotatable bonds is 8. The van der Waals surface area contributed by atoms with Crippen LogP contribution in [-0.4, -0.2) is 37.9 Å². The van der Waals surface area contributed by atoms with Crippen LogP contribution < -0.4 is 10.5 Å². The maximum absolute atomic E-state index is 13.0. The number of fused-ring (bicyclic) bond motifs is 1. The molecule has 0 aliphatic carbocycles. The van der Waals surface area contributed by atoms with Crippen LogP contribution in [0.1, 0.15) is 41.8 Å². The van der Waals surface area contributed by atoms with Crippen LogP contribution in [0.5, 0.6) is 5.75 Å². The van der Waals surface area contributed by atoms with Gasteiger partial charge in [0, 0.05) is 24.3 Å². The van der Waals surface area contributed by atoms with Crippen molar-refractivity contribution < 1.29 is 14.3 Å². The molecule has 0 saturated heterocycles. The fourth-order valence-electron chi connectivity index (χ4n) is 3.79. The summed E-state index contributed by atoms with van der Waals surface area (Å²) in [6.45, 7) is 11.9. The molecule has 1 aliphatic heterocycles. The number of nitrogens with two attached hydrogens (primary N) is 1. The van der Waals surface area contributed by atoms with Gasteiger partial charge >= 0.3 is 0 Å². The van der Waals surface area contributed by atoms with Crippen molar-refractivity contribution in [2.45, 2.75) is 51.5 Å². The van der Waals surface area contributed by atoms with Crippen LogP contribution in [0.15, 0.2) is 48.5 Å². The van der Waals surface area contributed by atoms with Crippen LogP contribution in [0.2, 0.25) is 19.6 Å². The Hall–Kier alpha value is -2.15. The van der Waals surface area contributed by atoms with E-state index in [0.29, 0.717) is 18.7 Å². The minimum atomic E-state index is -1.64. The maximum Gasteiger partial charge on any atom is 0.256 e. The minimum Gasteiger partial charge on any atom is -0.469 e. The summed E-state index contributed by atoms with van der Waals surface area (Å²) in [6.07, 6.45) is 0.839. The van der Waals surface area contributed by atoms with E-state index in [1.165, 1.54) is 0 Å². The number of carbonyl (C=O) groups excluding carboxylic acids is 1. The Bertz CT molecular complexity index is 863. The average molecular weight is 413 g/mol. The molecule has 0 radical (unpaired) electrons. The second kappa shape index (κ2) is 8.30. The Morgan fingerprint density at radius 3 is 2.31 bits per heavy atom. The molecule has 1 amide bonds. The van der Waals surface area contributed by atoms with Crippen LogP contribution in [0.25, 0.3) is 0 Å². The van der Waals surface area contributed by atoms with Gasteiger partial charge in [0.25, 0.3) is 5.91 Å². The molecule has 2 unspecified atom stereocenters. The predicted molar refractivity (Wildman–Crippen MR) is 119 cm³/mol. The van der Waals surface area contributed by atoms with E-state index in [0.717, 1.165) is 23.3 Å². The lowest BCUT2D eigenvalue weighted by molar-refractivity contribution is -0.0234. The zero-order chi connectivity index (χ0) is 21.2. The lowest BCUT2D eigenvalue weighted by Gasteiger charge is -2.36. The van der Waals surface area contributed by atoms with E-state index < -0.39 is 13.7 Å². The second-order valence-electron chi connectivity index (χ2n) is 8.56. The van der Waals surface area contributed by atoms with Gasteiger partial charge in [-0.1, -0.05) is 56.9 Å². The van der Waals surface area contributed by atoms with E-state index in [4.69, 9.17) is 15.2 Å². The van der Waals surface area contributed by atoms with E-state index in [1.807, 2.05) is 55.5 Å². The number of hydrogen-bond acceptors (Lipinski definition) is 4. The molecule has 1 aliphatic rings. The largest absolute Gasteiger partial charge is 0.469 e. The summed E-state index contributed by atoms with van der Waals surface area (Å²) in [5.74, 6) is 0.522. The number of carbonyl (C=O) groups is 1. The van der Waals surface area contributed by atoms with E-state index >= 15 is 0 Å². The Labute approximate surface area is 174 Å². The third-order valence-electron chi connectivity index (χ3n) is 5.25. The molecule has 2 aromatic rings. The monoisotopic (exact) mass is 412 g/mol. The molecule has 0 fully saturated rings. The summed E-state index contributed by atoms with van der Waals surface area (Å²) >= 11 is 0. The van der Waals surface area contributed by atoms with Crippen molar-refractivity contribution in [1.82, 2.24) is 4.90 Å². The highest BCUT2D eigenvalue weighted by molar-refractivity contribution is 6.77. The first-order valence-corrected chi connectivity index (χ1v) is 13.9. The van der Waals surface area contributed by atoms with E-state index in [-0.39, 0.29) is 11.8 Å². The Balaban J connectivity index is 1.94. The van der Waals surface area contributed by atoms with Crippen molar-refractivity contribution in [3.05, 3.63) is 65.2 Å². The molecule has 0 saturated carbocycles. The summed E-state index contributed by atoms with van der Waals surface area (Å²) < 4.78 is 12.0. The van der Waals surface area contributed by atoms with Gasteiger partial charge in [0.1, 0.15) is 19.5 Å². The summed E-state index contributed by atoms with van der Waals surface area (Å²) in [5, 5.41) is 0. The number of ether oxygens (including phenoxy) is 2. The highest BCUT2D eigenvalue weighted by atomic mass is 28.3. The molecule has 3 rings (SSSR count). The second-order valence-corrected chi connectivity index (χ2v) is 13.8. The third kappa shape index (κ3) is 3.97. The normalized spacial score (nSPS) is 19.9. The summed E-state index contributed by atoms with van der Waals surface area (Å²) in [6, 6.07) is 15.4. The Kier molecular flexibility index (Phi) is 6.17. The minimum absolute atomic E-state index is 0.0135. The lowest BCUT2D eigenvalue weighted by Crippen LogP contribution is -2.52. The molecule has 0 aromatic heterocycles. The molecule has 0 spiro atoms. The van der Waals surface area contributed by atoms with Gasteiger partial charge in [-0.3, -0.25) is 4.79 Å². The van der Waals surface area contributed by atoms with Crippen molar-refractivity contribution in [3.8, 4) is 5.75 Å². The first-order valence-electron chi connectivity index (χ1n) is 10.3. The molecular weight excluding hydrogens is 380 g/mol. The summed E-state index contributed by atoms with van der Waals surface area (Å²) in [7, 11) is -1.64. The quantitative estimate of drug-likeness (QED) is 0.518. The highest BCUT2D eigenvalue weighted by Crippen LogP contribution is 2.40. The van der Waals surface area contributed by atoms with E-state index in [2.05, 4.69) is 26.6 Å². The zero-order valence-corrected chi connectivity index (χ0v) is 19.1. The third-order valence-corrected chi connectivity index (χ3v) is 6.95. The molecule has 1 heterocycles. The smallest absolute Gasteiger partial charge is 0.256 e. The van der Waals surface area contributed by atoms with Crippen molar-refractivity contribution in [2.75, 3.05) is 13.2 Å². The highest BCUT2D eigenvalue weighted by Gasteiger charge is 2.47. The number of benzene rings is 2. The Morgan fingerprint density at radius 2 is 1.72 bits per heavy atom. The van der Waals surface area contributed by atoms with Crippen LogP contribution >= 0.6 is 0 Å². The van der Waals surface area contributed by atoms with Gasteiger partial charge in [-0.2, -0.15) is 0 Å². The molecular formula is C23H32N2O3Si. The zero-order valence-electron chi connectivity index (χ0n) is 18.1. The molecule has 2 N–H and O–H groups in total. The number of nitrogens with zero attached hydrogens (tertiary/aromatic N) is 1. The fraction of sp³-hybridized carbons (Fsp3) is 0.435. The van der Waals surface area contributed by atoms with Gasteiger partial charge in [0.05, 0.1) is 0 Å². The molecule has 6 heteroatoms. The van der Waals surface area contributed by atoms with Crippen LogP contribution in [0.4, 0.5) is 0 Å². The number of amides is 1. The van der Waals surface area contributed by atoms with Crippen LogP contribution in [0.3, 0.4) is 0 Å². The average Bonchev–Trinajstić information content (AvgIpc) is 2.91. The van der Waals surface area contributed by atoms with Gasteiger partial charge in [0.15, 0.2) is 5.91 Å². The molecule has 5 nitrogen and oxygen atoms in total. The van der Waals surface area contributed by atoms with Crippen molar-refractivity contribution >= 4 is 14.0 Å². The summed E-state index contributed by atoms with van der Waals surface area (Å²) in [5.41, 5.74) is 8.36. The van der Waals surface area contributed by atoms with Crippen LogP contribution in [-0.2, 0) is 10.4 Å². The maximum atomic E-state index is 13.0. The van der Waals surface area contributed by atoms with Crippen molar-refractivity contribution in [3.63, 3.8) is 0 Å². The predicted octanol–water partition coefficient (Wildman–Crippen LogP) is 4.33. The van der Waals surface area contributed by atoms with E-state index in [1.54, 1.807) is 4.90 Å². The lowest BCUT2D eigenvalue weighted by atomic mass is 9.91. The molecule has 156 valence electrons. The molecule has 29 heavy (non-hydrogen) atoms.